The molecule has 0 unspecified atom stereocenters. The van der Waals surface area contributed by atoms with Gasteiger partial charge in [0, 0.05) is 5.56 Å². The van der Waals surface area contributed by atoms with Gasteiger partial charge in [0.1, 0.15) is 21.4 Å². The molecule has 3 aromatic rings. The summed E-state index contributed by atoms with van der Waals surface area (Å²) in [5.74, 6) is 1.94. The van der Waals surface area contributed by atoms with Crippen LogP contribution in [-0.4, -0.2) is 34.9 Å². The van der Waals surface area contributed by atoms with Crippen LogP contribution in [0, 0.1) is 20.7 Å². The highest BCUT2D eigenvalue weighted by Crippen LogP contribution is 2.39. The summed E-state index contributed by atoms with van der Waals surface area (Å²) >= 11 is 12.2. The highest BCUT2D eigenvalue weighted by Gasteiger charge is 2.20. The largest absolute Gasteiger partial charge is 0.493 e. The SMILES string of the molecule is CCSc1nc2[nH]c(=S)[nH]c(=S)c2c(-c2ccc(OC)c(OC)c2)c1C#N. The van der Waals surface area contributed by atoms with Crippen molar-refractivity contribution in [2.75, 3.05) is 20.0 Å². The summed E-state index contributed by atoms with van der Waals surface area (Å²) < 4.78 is 11.6. The van der Waals surface area contributed by atoms with Crippen molar-refractivity contribution in [2.24, 2.45) is 0 Å². The lowest BCUT2D eigenvalue weighted by molar-refractivity contribution is 0.355. The normalized spacial score (nSPS) is 10.6. The molecule has 138 valence electrons. The number of nitriles is 1. The zero-order valence-corrected chi connectivity index (χ0v) is 17.3. The average molecular weight is 417 g/mol. The molecule has 0 spiro atoms. The fourth-order valence-corrected chi connectivity index (χ4v) is 4.09. The molecule has 6 nitrogen and oxygen atoms in total. The van der Waals surface area contributed by atoms with Gasteiger partial charge < -0.3 is 19.4 Å². The van der Waals surface area contributed by atoms with Crippen molar-refractivity contribution in [3.8, 4) is 28.7 Å². The summed E-state index contributed by atoms with van der Waals surface area (Å²) in [4.78, 5) is 10.6. The van der Waals surface area contributed by atoms with E-state index in [0.717, 1.165) is 11.3 Å². The van der Waals surface area contributed by atoms with Crippen LogP contribution in [-0.2, 0) is 0 Å². The number of nitrogens with zero attached hydrogens (tertiary/aromatic N) is 2. The first-order chi connectivity index (χ1) is 13.0. The molecule has 0 saturated carbocycles. The Morgan fingerprint density at radius 1 is 1.19 bits per heavy atom. The summed E-state index contributed by atoms with van der Waals surface area (Å²) in [6.45, 7) is 2.01. The Labute approximate surface area is 170 Å². The van der Waals surface area contributed by atoms with Crippen LogP contribution in [0.5, 0.6) is 11.5 Å². The first kappa shape index (κ1) is 19.4. The predicted molar refractivity (Wildman–Crippen MR) is 112 cm³/mol. The molecule has 0 aliphatic heterocycles. The second-order valence-corrected chi connectivity index (χ2v) is 7.48. The van der Waals surface area contributed by atoms with E-state index in [1.807, 2.05) is 19.1 Å². The predicted octanol–water partition coefficient (Wildman–Crippen LogP) is 5.02. The molecular weight excluding hydrogens is 400 g/mol. The number of fused-ring (bicyclic) bond motifs is 1. The number of pyridine rings is 1. The van der Waals surface area contributed by atoms with Gasteiger partial charge in [-0.05, 0) is 35.7 Å². The maximum atomic E-state index is 9.89. The zero-order valence-electron chi connectivity index (χ0n) is 14.9. The van der Waals surface area contributed by atoms with Crippen molar-refractivity contribution in [3.63, 3.8) is 0 Å². The van der Waals surface area contributed by atoms with Crippen LogP contribution < -0.4 is 9.47 Å². The molecule has 2 aromatic heterocycles. The van der Waals surface area contributed by atoms with Gasteiger partial charge in [-0.25, -0.2) is 4.98 Å². The van der Waals surface area contributed by atoms with Crippen LogP contribution >= 0.6 is 36.2 Å². The molecule has 0 amide bonds. The molecule has 3 rings (SSSR count). The Hall–Kier alpha value is -2.41. The lowest BCUT2D eigenvalue weighted by Gasteiger charge is -2.14. The molecule has 0 aliphatic carbocycles. The fourth-order valence-electron chi connectivity index (χ4n) is 2.80. The van der Waals surface area contributed by atoms with E-state index in [2.05, 4.69) is 21.0 Å². The summed E-state index contributed by atoms with van der Waals surface area (Å²) in [7, 11) is 3.14. The smallest absolute Gasteiger partial charge is 0.177 e. The minimum atomic E-state index is 0.385. The van der Waals surface area contributed by atoms with Gasteiger partial charge in [-0.2, -0.15) is 5.26 Å². The van der Waals surface area contributed by atoms with E-state index in [4.69, 9.17) is 33.9 Å². The number of ether oxygens (including phenoxy) is 2. The monoisotopic (exact) mass is 416 g/mol. The van der Waals surface area contributed by atoms with Crippen molar-refractivity contribution in [1.29, 1.82) is 5.26 Å². The number of thioether (sulfide) groups is 1. The maximum absolute atomic E-state index is 9.89. The van der Waals surface area contributed by atoms with Gasteiger partial charge in [0.2, 0.25) is 0 Å². The van der Waals surface area contributed by atoms with Gasteiger partial charge in [-0.1, -0.05) is 25.2 Å². The van der Waals surface area contributed by atoms with Gasteiger partial charge >= 0.3 is 0 Å². The van der Waals surface area contributed by atoms with Crippen LogP contribution in [0.1, 0.15) is 12.5 Å². The number of H-pyrrole nitrogens is 2. The van der Waals surface area contributed by atoms with Crippen molar-refractivity contribution >= 4 is 47.2 Å². The highest BCUT2D eigenvalue weighted by molar-refractivity contribution is 7.99. The molecule has 0 radical (unpaired) electrons. The topological polar surface area (TPSA) is 86.7 Å². The molecule has 0 saturated heterocycles. The van der Waals surface area contributed by atoms with Crippen molar-refractivity contribution in [2.45, 2.75) is 11.9 Å². The van der Waals surface area contributed by atoms with E-state index in [0.29, 0.717) is 48.1 Å². The van der Waals surface area contributed by atoms with Crippen LogP contribution in [0.4, 0.5) is 0 Å². The number of nitrogens with one attached hydrogen (secondary N) is 2. The number of rotatable bonds is 5. The lowest BCUT2D eigenvalue weighted by atomic mass is 9.98. The fraction of sp³-hybridized carbons (Fsp3) is 0.222. The Bertz CT molecular complexity index is 1180. The molecule has 9 heteroatoms. The molecular formula is C18H16N4O2S3. The lowest BCUT2D eigenvalue weighted by Crippen LogP contribution is -2.00. The highest BCUT2D eigenvalue weighted by atomic mass is 32.2. The quantitative estimate of drug-likeness (QED) is 0.446. The van der Waals surface area contributed by atoms with Crippen molar-refractivity contribution in [1.82, 2.24) is 15.0 Å². The third-order valence-electron chi connectivity index (χ3n) is 3.92. The van der Waals surface area contributed by atoms with Crippen LogP contribution in [0.3, 0.4) is 0 Å². The number of benzene rings is 1. The van der Waals surface area contributed by atoms with Crippen molar-refractivity contribution in [3.05, 3.63) is 33.2 Å². The second kappa shape index (κ2) is 8.08. The van der Waals surface area contributed by atoms with Gasteiger partial charge in [-0.3, -0.25) is 0 Å². The first-order valence-electron chi connectivity index (χ1n) is 7.99. The molecule has 0 fully saturated rings. The Morgan fingerprint density at radius 3 is 2.56 bits per heavy atom. The zero-order chi connectivity index (χ0) is 19.6. The molecule has 27 heavy (non-hydrogen) atoms. The Morgan fingerprint density at radius 2 is 1.93 bits per heavy atom. The summed E-state index contributed by atoms with van der Waals surface area (Å²) in [6.07, 6.45) is 0. The Kier molecular flexibility index (Phi) is 5.79. The first-order valence-corrected chi connectivity index (χ1v) is 9.79. The third kappa shape index (κ3) is 3.56. The van der Waals surface area contributed by atoms with Crippen LogP contribution in [0.2, 0.25) is 0 Å². The van der Waals surface area contributed by atoms with Crippen LogP contribution in [0.25, 0.3) is 22.2 Å². The molecule has 2 heterocycles. The third-order valence-corrected chi connectivity index (χ3v) is 5.28. The maximum Gasteiger partial charge on any atom is 0.177 e. The summed E-state index contributed by atoms with van der Waals surface area (Å²) in [5.41, 5.74) is 2.47. The summed E-state index contributed by atoms with van der Waals surface area (Å²) in [5, 5.41) is 11.2. The number of aromatic amines is 2. The second-order valence-electron chi connectivity index (χ2n) is 5.41. The Balaban J connectivity index is 2.48. The number of aromatic nitrogens is 3. The molecule has 1 aromatic carbocycles. The van der Waals surface area contributed by atoms with E-state index in [-0.39, 0.29) is 0 Å². The minimum Gasteiger partial charge on any atom is -0.493 e. The molecule has 0 atom stereocenters. The molecule has 2 N–H and O–H groups in total. The standard InChI is InChI=1S/C18H16N4O2S3/c1-4-27-17-10(8-19)13(9-5-6-11(23-2)12(7-9)24-3)14-15(20-17)21-18(26)22-16(14)25/h5-7H,4H2,1-3H3,(H2,20,21,22,25,26). The van der Waals surface area contributed by atoms with Crippen LogP contribution in [0.15, 0.2) is 23.2 Å². The number of methoxy groups -OCH3 is 2. The summed E-state index contributed by atoms with van der Waals surface area (Å²) in [6, 6.07) is 7.78. The van der Waals surface area contributed by atoms with E-state index in [1.165, 1.54) is 11.8 Å². The van der Waals surface area contributed by atoms with E-state index >= 15 is 0 Å². The van der Waals surface area contributed by atoms with Gasteiger partial charge in [-0.15, -0.1) is 11.8 Å². The number of hydrogen-bond donors (Lipinski definition) is 2. The van der Waals surface area contributed by atoms with E-state index in [1.54, 1.807) is 20.3 Å². The van der Waals surface area contributed by atoms with E-state index in [9.17, 15) is 5.26 Å². The van der Waals surface area contributed by atoms with Gasteiger partial charge in [0.15, 0.2) is 16.3 Å². The number of hydrogen-bond acceptors (Lipinski definition) is 7. The van der Waals surface area contributed by atoms with Gasteiger partial charge in [0.25, 0.3) is 0 Å². The van der Waals surface area contributed by atoms with Crippen molar-refractivity contribution < 1.29 is 9.47 Å². The van der Waals surface area contributed by atoms with E-state index < -0.39 is 0 Å². The minimum absolute atomic E-state index is 0.385. The van der Waals surface area contributed by atoms with Gasteiger partial charge in [0.05, 0.1) is 25.2 Å². The average Bonchev–Trinajstić information content (AvgIpc) is 2.66. The molecule has 0 bridgehead atoms. The molecule has 0 aliphatic rings.